The van der Waals surface area contributed by atoms with Crippen LogP contribution in [0.4, 0.5) is 0 Å². The van der Waals surface area contributed by atoms with Gasteiger partial charge >= 0.3 is 0 Å². The molecule has 0 saturated heterocycles. The molecule has 0 saturated carbocycles. The molecule has 0 spiro atoms. The van der Waals surface area contributed by atoms with Gasteiger partial charge < -0.3 is 0 Å². The summed E-state index contributed by atoms with van der Waals surface area (Å²) in [5.41, 5.74) is 0. The first kappa shape index (κ1) is 12.6. The highest BCUT2D eigenvalue weighted by Gasteiger charge is 2.23. The monoisotopic (exact) mass is 361 g/mol. The molecule has 3 nitrogen and oxygen atoms in total. The Morgan fingerprint density at radius 3 is 2.64 bits per heavy atom. The second-order valence-electron chi connectivity index (χ2n) is 2.57. The molecule has 0 aliphatic heterocycles. The fraction of sp³-hybridized carbons (Fsp3) is 0.429. The minimum Gasteiger partial charge on any atom is -0.206 e. The number of hydrogen-bond acceptors (Lipinski definition) is 3. The van der Waals surface area contributed by atoms with Gasteiger partial charge in [-0.3, -0.25) is 0 Å². The molecule has 1 aromatic rings. The van der Waals surface area contributed by atoms with Crippen LogP contribution in [0, 0.1) is 0 Å². The molecule has 0 aliphatic rings. The molecule has 0 aliphatic carbocycles. The first-order valence-electron chi connectivity index (χ1n) is 3.75. The fourth-order valence-electron chi connectivity index (χ4n) is 0.845. The van der Waals surface area contributed by atoms with Gasteiger partial charge in [0, 0.05) is 23.4 Å². The molecule has 7 heteroatoms. The molecule has 0 unspecified atom stereocenters. The molecule has 1 rings (SSSR count). The molecule has 1 heterocycles. The summed E-state index contributed by atoms with van der Waals surface area (Å²) in [5.74, 6) is 0. The zero-order valence-electron chi connectivity index (χ0n) is 7.41. The Kier molecular flexibility index (Phi) is 4.57. The van der Waals surface area contributed by atoms with Crippen molar-refractivity contribution >= 4 is 53.2 Å². The van der Waals surface area contributed by atoms with Crippen LogP contribution in [-0.4, -0.2) is 31.6 Å². The minimum atomic E-state index is -3.31. The number of thiophene rings is 1. The smallest absolute Gasteiger partial charge is 0.206 e. The summed E-state index contributed by atoms with van der Waals surface area (Å²) < 4.78 is 26.1. The molecular formula is C7H9Br2NO2S2. The molecule has 1 aromatic heterocycles. The zero-order valence-corrected chi connectivity index (χ0v) is 12.2. The summed E-state index contributed by atoms with van der Waals surface area (Å²) in [4.78, 5) is 0. The van der Waals surface area contributed by atoms with Gasteiger partial charge in [-0.2, -0.15) is 4.31 Å². The third-order valence-electron chi connectivity index (χ3n) is 1.63. The lowest BCUT2D eigenvalue weighted by Gasteiger charge is -2.14. The first-order valence-corrected chi connectivity index (χ1v) is 7.99. The third kappa shape index (κ3) is 2.57. The molecule has 14 heavy (non-hydrogen) atoms. The Morgan fingerprint density at radius 1 is 1.57 bits per heavy atom. The summed E-state index contributed by atoms with van der Waals surface area (Å²) in [7, 11) is -1.74. The van der Waals surface area contributed by atoms with Gasteiger partial charge in [-0.05, 0) is 27.4 Å². The van der Waals surface area contributed by atoms with Crippen LogP contribution in [0.3, 0.4) is 0 Å². The average molecular weight is 363 g/mol. The highest BCUT2D eigenvalue weighted by Crippen LogP contribution is 2.29. The molecule has 0 bridgehead atoms. The Labute approximate surface area is 104 Å². The lowest BCUT2D eigenvalue weighted by Crippen LogP contribution is -2.28. The van der Waals surface area contributed by atoms with Crippen molar-refractivity contribution in [2.24, 2.45) is 0 Å². The van der Waals surface area contributed by atoms with Crippen molar-refractivity contribution in [3.63, 3.8) is 0 Å². The zero-order chi connectivity index (χ0) is 10.8. The first-order chi connectivity index (χ1) is 6.50. The van der Waals surface area contributed by atoms with E-state index in [4.69, 9.17) is 0 Å². The number of hydrogen-bond donors (Lipinski definition) is 0. The molecule has 0 radical (unpaired) electrons. The largest absolute Gasteiger partial charge is 0.253 e. The van der Waals surface area contributed by atoms with Crippen LogP contribution in [0.5, 0.6) is 0 Å². The normalized spacial score (nSPS) is 12.3. The number of alkyl halides is 1. The number of sulfonamides is 1. The lowest BCUT2D eigenvalue weighted by atomic mass is 10.7. The number of nitrogens with zero attached hydrogens (tertiary/aromatic N) is 1. The Bertz CT molecular complexity index is 402. The van der Waals surface area contributed by atoms with Crippen molar-refractivity contribution in [3.8, 4) is 0 Å². The topological polar surface area (TPSA) is 37.4 Å². The van der Waals surface area contributed by atoms with E-state index in [0.717, 1.165) is 0 Å². The predicted octanol–water partition coefficient (Wildman–Crippen LogP) is 2.53. The second-order valence-corrected chi connectivity index (χ2v) is 7.38. The summed E-state index contributed by atoms with van der Waals surface area (Å²) in [6.45, 7) is 0.465. The summed E-state index contributed by atoms with van der Waals surface area (Å²) in [5, 5.41) is 2.38. The van der Waals surface area contributed by atoms with Crippen LogP contribution in [0.25, 0.3) is 0 Å². The Balaban J connectivity index is 3.03. The van der Waals surface area contributed by atoms with Gasteiger partial charge in [0.25, 0.3) is 10.0 Å². The van der Waals surface area contributed by atoms with E-state index in [2.05, 4.69) is 31.9 Å². The summed E-state index contributed by atoms with van der Waals surface area (Å²) >= 11 is 7.64. The van der Waals surface area contributed by atoms with Gasteiger partial charge in [0.2, 0.25) is 0 Å². The maximum Gasteiger partial charge on any atom is 0.253 e. The molecule has 0 amide bonds. The molecule has 80 valence electrons. The minimum absolute atomic E-state index is 0.362. The van der Waals surface area contributed by atoms with E-state index in [0.29, 0.717) is 20.6 Å². The molecule has 0 aromatic carbocycles. The van der Waals surface area contributed by atoms with Crippen LogP contribution in [0.1, 0.15) is 0 Å². The van der Waals surface area contributed by atoms with E-state index in [-0.39, 0.29) is 0 Å². The van der Waals surface area contributed by atoms with Crippen LogP contribution >= 0.6 is 43.2 Å². The van der Waals surface area contributed by atoms with Gasteiger partial charge in [-0.1, -0.05) is 15.9 Å². The molecular weight excluding hydrogens is 354 g/mol. The van der Waals surface area contributed by atoms with Gasteiger partial charge in [0.15, 0.2) is 0 Å². The highest BCUT2D eigenvalue weighted by atomic mass is 79.9. The maximum atomic E-state index is 11.9. The fourth-order valence-corrected chi connectivity index (χ4v) is 5.28. The highest BCUT2D eigenvalue weighted by molar-refractivity contribution is 9.10. The lowest BCUT2D eigenvalue weighted by molar-refractivity contribution is 0.491. The molecule has 0 N–H and O–H groups in total. The number of rotatable bonds is 4. The second kappa shape index (κ2) is 5.07. The molecule has 0 atom stereocenters. The van der Waals surface area contributed by atoms with Crippen LogP contribution in [-0.2, 0) is 10.0 Å². The van der Waals surface area contributed by atoms with Gasteiger partial charge in [-0.25, -0.2) is 8.42 Å². The van der Waals surface area contributed by atoms with Crippen molar-refractivity contribution in [3.05, 3.63) is 15.9 Å². The van der Waals surface area contributed by atoms with E-state index in [1.54, 1.807) is 18.5 Å². The van der Waals surface area contributed by atoms with E-state index < -0.39 is 10.0 Å². The van der Waals surface area contributed by atoms with Crippen LogP contribution in [0.2, 0.25) is 0 Å². The van der Waals surface area contributed by atoms with E-state index in [1.807, 2.05) is 0 Å². The van der Waals surface area contributed by atoms with Gasteiger partial charge in [0.1, 0.15) is 4.21 Å². The SMILES string of the molecule is CN(CCBr)S(=O)(=O)c1sccc1Br. The van der Waals surface area contributed by atoms with E-state index in [1.165, 1.54) is 15.6 Å². The molecule has 0 fully saturated rings. The standard InChI is InChI=1S/C7H9Br2NO2S2/c1-10(4-3-8)14(11,12)7-6(9)2-5-13-7/h2,5H,3-4H2,1H3. The summed E-state index contributed by atoms with van der Waals surface area (Å²) in [6.07, 6.45) is 0. The summed E-state index contributed by atoms with van der Waals surface area (Å²) in [6, 6.07) is 1.74. The third-order valence-corrected chi connectivity index (χ3v) is 6.49. The van der Waals surface area contributed by atoms with E-state index >= 15 is 0 Å². The Morgan fingerprint density at radius 2 is 2.21 bits per heavy atom. The van der Waals surface area contributed by atoms with Crippen LogP contribution in [0.15, 0.2) is 20.1 Å². The predicted molar refractivity (Wildman–Crippen MR) is 65.6 cm³/mol. The number of halogens is 2. The Hall–Kier alpha value is 0.570. The van der Waals surface area contributed by atoms with Crippen molar-refractivity contribution in [1.82, 2.24) is 4.31 Å². The van der Waals surface area contributed by atoms with Crippen molar-refractivity contribution < 1.29 is 8.42 Å². The average Bonchev–Trinajstić information content (AvgIpc) is 2.52. The van der Waals surface area contributed by atoms with Crippen molar-refractivity contribution in [2.45, 2.75) is 4.21 Å². The van der Waals surface area contributed by atoms with Crippen molar-refractivity contribution in [1.29, 1.82) is 0 Å². The quantitative estimate of drug-likeness (QED) is 0.772. The van der Waals surface area contributed by atoms with Gasteiger partial charge in [-0.15, -0.1) is 11.3 Å². The van der Waals surface area contributed by atoms with Crippen molar-refractivity contribution in [2.75, 3.05) is 18.9 Å². The van der Waals surface area contributed by atoms with Crippen LogP contribution < -0.4 is 0 Å². The van der Waals surface area contributed by atoms with E-state index in [9.17, 15) is 8.42 Å². The maximum absolute atomic E-state index is 11.9. The van der Waals surface area contributed by atoms with Gasteiger partial charge in [0.05, 0.1) is 0 Å².